The first-order valence-corrected chi connectivity index (χ1v) is 6.94. The molecule has 2 aromatic rings. The second-order valence-corrected chi connectivity index (χ2v) is 4.94. The Morgan fingerprint density at radius 3 is 2.89 bits per heavy atom. The van der Waals surface area contributed by atoms with E-state index in [2.05, 4.69) is 27.4 Å². The van der Waals surface area contributed by atoms with Crippen molar-refractivity contribution in [3.05, 3.63) is 47.4 Å². The minimum atomic E-state index is 0.695. The second-order valence-electron chi connectivity index (χ2n) is 4.56. The lowest BCUT2D eigenvalue weighted by Crippen LogP contribution is -2.00. The van der Waals surface area contributed by atoms with Crippen LogP contribution in [0.4, 0.5) is 11.5 Å². The Bertz CT molecular complexity index is 555. The minimum Gasteiger partial charge on any atom is -0.339 e. The maximum absolute atomic E-state index is 5.73. The van der Waals surface area contributed by atoms with Crippen LogP contribution in [0.25, 0.3) is 0 Å². The summed E-state index contributed by atoms with van der Waals surface area (Å²) in [4.78, 5) is 8.77. The van der Waals surface area contributed by atoms with Crippen molar-refractivity contribution in [2.45, 2.75) is 26.7 Å². The van der Waals surface area contributed by atoms with Crippen molar-refractivity contribution in [2.24, 2.45) is 0 Å². The van der Waals surface area contributed by atoms with Crippen LogP contribution in [0, 0.1) is 13.8 Å². The molecule has 0 amide bonds. The van der Waals surface area contributed by atoms with Gasteiger partial charge in [-0.25, -0.2) is 4.98 Å². The number of hydrogen-bond acceptors (Lipinski definition) is 3. The fourth-order valence-electron chi connectivity index (χ4n) is 1.87. The predicted molar refractivity (Wildman–Crippen MR) is 80.3 cm³/mol. The van der Waals surface area contributed by atoms with Crippen LogP contribution in [0.2, 0.25) is 0 Å². The molecule has 0 bridgehead atoms. The lowest BCUT2D eigenvalue weighted by Gasteiger charge is -2.10. The summed E-state index contributed by atoms with van der Waals surface area (Å²) >= 11 is 5.73. The Labute approximate surface area is 119 Å². The summed E-state index contributed by atoms with van der Waals surface area (Å²) in [5.74, 6) is 1.51. The molecule has 0 spiro atoms. The second kappa shape index (κ2) is 6.53. The van der Waals surface area contributed by atoms with Gasteiger partial charge in [-0.3, -0.25) is 4.98 Å². The fraction of sp³-hybridized carbons (Fsp3) is 0.333. The summed E-state index contributed by atoms with van der Waals surface area (Å²) in [5.41, 5.74) is 4.13. The maximum Gasteiger partial charge on any atom is 0.152 e. The van der Waals surface area contributed by atoms with Gasteiger partial charge in [0, 0.05) is 17.8 Å². The van der Waals surface area contributed by atoms with E-state index in [0.717, 1.165) is 35.7 Å². The van der Waals surface area contributed by atoms with Gasteiger partial charge in [0.05, 0.1) is 11.4 Å². The van der Waals surface area contributed by atoms with Crippen molar-refractivity contribution < 1.29 is 0 Å². The molecule has 0 aliphatic heterocycles. The minimum absolute atomic E-state index is 0.695. The quantitative estimate of drug-likeness (QED) is 0.838. The Hall–Kier alpha value is -1.61. The molecule has 0 unspecified atom stereocenters. The van der Waals surface area contributed by atoms with Gasteiger partial charge in [-0.15, -0.1) is 11.6 Å². The molecule has 1 heterocycles. The van der Waals surface area contributed by atoms with Crippen LogP contribution in [0.1, 0.15) is 23.4 Å². The zero-order valence-electron chi connectivity index (χ0n) is 11.3. The average Bonchev–Trinajstić information content (AvgIpc) is 2.41. The van der Waals surface area contributed by atoms with Gasteiger partial charge in [0.1, 0.15) is 0 Å². The molecule has 4 heteroatoms. The van der Waals surface area contributed by atoms with E-state index in [-0.39, 0.29) is 0 Å². The largest absolute Gasteiger partial charge is 0.339 e. The zero-order chi connectivity index (χ0) is 13.7. The number of halogens is 1. The normalized spacial score (nSPS) is 10.5. The number of aryl methyl sites for hydroxylation is 3. The van der Waals surface area contributed by atoms with Crippen LogP contribution in [0.3, 0.4) is 0 Å². The number of hydrogen-bond donors (Lipinski definition) is 1. The topological polar surface area (TPSA) is 37.8 Å². The first kappa shape index (κ1) is 13.8. The Morgan fingerprint density at radius 1 is 1.26 bits per heavy atom. The summed E-state index contributed by atoms with van der Waals surface area (Å²) in [6.07, 6.45) is 3.77. The van der Waals surface area contributed by atoms with Crippen LogP contribution >= 0.6 is 11.6 Å². The van der Waals surface area contributed by atoms with Gasteiger partial charge in [0.2, 0.25) is 0 Å². The van der Waals surface area contributed by atoms with Gasteiger partial charge in [-0.1, -0.05) is 12.1 Å². The third-order valence-electron chi connectivity index (χ3n) is 2.86. The zero-order valence-corrected chi connectivity index (χ0v) is 12.0. The van der Waals surface area contributed by atoms with Crippen LogP contribution in [0.5, 0.6) is 0 Å². The highest BCUT2D eigenvalue weighted by atomic mass is 35.5. The van der Waals surface area contributed by atoms with E-state index in [1.165, 1.54) is 5.56 Å². The van der Waals surface area contributed by atoms with E-state index in [9.17, 15) is 0 Å². The van der Waals surface area contributed by atoms with Gasteiger partial charge < -0.3 is 5.32 Å². The van der Waals surface area contributed by atoms with Crippen molar-refractivity contribution >= 4 is 23.1 Å². The molecular weight excluding hydrogens is 258 g/mol. The first-order valence-electron chi connectivity index (χ1n) is 6.41. The van der Waals surface area contributed by atoms with E-state index < -0.39 is 0 Å². The molecule has 0 atom stereocenters. The summed E-state index contributed by atoms with van der Waals surface area (Å²) in [6, 6.07) is 8.33. The van der Waals surface area contributed by atoms with Gasteiger partial charge in [-0.2, -0.15) is 0 Å². The van der Waals surface area contributed by atoms with E-state index in [4.69, 9.17) is 11.6 Å². The van der Waals surface area contributed by atoms with Crippen molar-refractivity contribution in [1.82, 2.24) is 9.97 Å². The monoisotopic (exact) mass is 275 g/mol. The van der Waals surface area contributed by atoms with Gasteiger partial charge in [0.25, 0.3) is 0 Å². The summed E-state index contributed by atoms with van der Waals surface area (Å²) in [7, 11) is 0. The highest BCUT2D eigenvalue weighted by Gasteiger charge is 2.03. The molecular formula is C15H18ClN3. The number of aromatic nitrogens is 2. The number of alkyl halides is 1. The fourth-order valence-corrected chi connectivity index (χ4v) is 2.00. The molecule has 1 aromatic carbocycles. The third kappa shape index (κ3) is 3.93. The lowest BCUT2D eigenvalue weighted by molar-refractivity contribution is 0.929. The highest BCUT2D eigenvalue weighted by molar-refractivity contribution is 6.17. The van der Waals surface area contributed by atoms with E-state index in [1.807, 2.05) is 26.0 Å². The van der Waals surface area contributed by atoms with Crippen molar-refractivity contribution in [2.75, 3.05) is 11.2 Å². The standard InChI is InChI=1S/C15H18ClN3/c1-11-10-17-12(2)15(18-11)19-14-7-3-5-13(9-14)6-4-8-16/h3,5,7,9-10H,4,6,8H2,1-2H3,(H,18,19). The van der Waals surface area contributed by atoms with E-state index in [0.29, 0.717) is 5.88 Å². The molecule has 0 saturated heterocycles. The van der Waals surface area contributed by atoms with Crippen LogP contribution < -0.4 is 5.32 Å². The van der Waals surface area contributed by atoms with Gasteiger partial charge in [-0.05, 0) is 44.4 Å². The molecule has 0 aliphatic carbocycles. The molecule has 1 N–H and O–H groups in total. The third-order valence-corrected chi connectivity index (χ3v) is 3.13. The van der Waals surface area contributed by atoms with Crippen molar-refractivity contribution in [1.29, 1.82) is 0 Å². The number of benzene rings is 1. The molecule has 100 valence electrons. The van der Waals surface area contributed by atoms with Gasteiger partial charge >= 0.3 is 0 Å². The molecule has 0 radical (unpaired) electrons. The molecule has 0 fully saturated rings. The average molecular weight is 276 g/mol. The van der Waals surface area contributed by atoms with Crippen LogP contribution in [-0.4, -0.2) is 15.8 Å². The van der Waals surface area contributed by atoms with E-state index >= 15 is 0 Å². The Morgan fingerprint density at radius 2 is 2.11 bits per heavy atom. The SMILES string of the molecule is Cc1cnc(C)c(Nc2cccc(CCCCl)c2)n1. The Kier molecular flexibility index (Phi) is 4.74. The predicted octanol–water partition coefficient (Wildman–Crippen LogP) is 4.01. The summed E-state index contributed by atoms with van der Waals surface area (Å²) < 4.78 is 0. The van der Waals surface area contributed by atoms with Crippen molar-refractivity contribution in [3.63, 3.8) is 0 Å². The lowest BCUT2D eigenvalue weighted by atomic mass is 10.1. The summed E-state index contributed by atoms with van der Waals surface area (Å²) in [6.45, 7) is 3.89. The molecule has 19 heavy (non-hydrogen) atoms. The number of nitrogens with one attached hydrogen (secondary N) is 1. The van der Waals surface area contributed by atoms with Crippen molar-refractivity contribution in [3.8, 4) is 0 Å². The molecule has 1 aromatic heterocycles. The molecule has 0 saturated carbocycles. The smallest absolute Gasteiger partial charge is 0.152 e. The van der Waals surface area contributed by atoms with Gasteiger partial charge in [0.15, 0.2) is 5.82 Å². The van der Waals surface area contributed by atoms with Crippen LogP contribution in [-0.2, 0) is 6.42 Å². The summed E-state index contributed by atoms with van der Waals surface area (Å²) in [5, 5.41) is 3.32. The number of anilines is 2. The first-order chi connectivity index (χ1) is 9.19. The van der Waals surface area contributed by atoms with Crippen LogP contribution in [0.15, 0.2) is 30.5 Å². The molecule has 0 aliphatic rings. The molecule has 2 rings (SSSR count). The van der Waals surface area contributed by atoms with E-state index in [1.54, 1.807) is 6.20 Å². The maximum atomic E-state index is 5.73. The number of nitrogens with zero attached hydrogens (tertiary/aromatic N) is 2. The highest BCUT2D eigenvalue weighted by Crippen LogP contribution is 2.19. The Balaban J connectivity index is 2.16. The number of rotatable bonds is 5. The molecule has 3 nitrogen and oxygen atoms in total.